The van der Waals surface area contributed by atoms with E-state index in [1.165, 1.54) is 12.1 Å². The van der Waals surface area contributed by atoms with Gasteiger partial charge in [0.2, 0.25) is 5.91 Å². The predicted octanol–water partition coefficient (Wildman–Crippen LogP) is 2.44. The molecule has 2 unspecified atom stereocenters. The molecule has 4 nitrogen and oxygen atoms in total. The van der Waals surface area contributed by atoms with Crippen molar-refractivity contribution in [1.82, 2.24) is 9.80 Å². The summed E-state index contributed by atoms with van der Waals surface area (Å²) < 4.78 is 13.1. The van der Waals surface area contributed by atoms with Crippen molar-refractivity contribution in [3.05, 3.63) is 35.6 Å². The summed E-state index contributed by atoms with van der Waals surface area (Å²) in [7, 11) is 0. The van der Waals surface area contributed by atoms with E-state index in [0.717, 1.165) is 31.5 Å². The van der Waals surface area contributed by atoms with E-state index < -0.39 is 0 Å². The molecule has 2 atom stereocenters. The van der Waals surface area contributed by atoms with Crippen LogP contribution in [0.5, 0.6) is 0 Å². The Morgan fingerprint density at radius 3 is 2.74 bits per heavy atom. The summed E-state index contributed by atoms with van der Waals surface area (Å²) in [5, 5.41) is 9.30. The minimum atomic E-state index is -0.265. The molecule has 1 heterocycles. The SMILES string of the molecule is CCN(C(=O)CN1CCCC(CO)C1)C(C)c1ccc(F)cc1. The number of benzene rings is 1. The van der Waals surface area contributed by atoms with Crippen LogP contribution in [-0.2, 0) is 4.79 Å². The number of nitrogens with zero attached hydrogens (tertiary/aromatic N) is 2. The highest BCUT2D eigenvalue weighted by atomic mass is 19.1. The molecular weight excluding hydrogens is 295 g/mol. The molecule has 0 spiro atoms. The molecule has 1 amide bonds. The minimum absolute atomic E-state index is 0.0773. The Morgan fingerprint density at radius 2 is 2.13 bits per heavy atom. The average Bonchev–Trinajstić information content (AvgIpc) is 2.56. The van der Waals surface area contributed by atoms with Crippen LogP contribution in [-0.4, -0.2) is 53.6 Å². The number of halogens is 1. The molecule has 2 rings (SSSR count). The van der Waals surface area contributed by atoms with E-state index in [1.54, 1.807) is 12.1 Å². The number of carbonyl (C=O) groups excluding carboxylic acids is 1. The van der Waals surface area contributed by atoms with Crippen LogP contribution in [0.1, 0.15) is 38.3 Å². The summed E-state index contributed by atoms with van der Waals surface area (Å²) in [6, 6.07) is 6.25. The van der Waals surface area contributed by atoms with Crippen molar-refractivity contribution >= 4 is 5.91 Å². The first kappa shape index (κ1) is 17.9. The first-order chi connectivity index (χ1) is 11.0. The molecule has 128 valence electrons. The van der Waals surface area contributed by atoms with E-state index >= 15 is 0 Å². The Bertz CT molecular complexity index is 506. The van der Waals surface area contributed by atoms with Crippen LogP contribution in [0.25, 0.3) is 0 Å². The zero-order chi connectivity index (χ0) is 16.8. The molecule has 0 bridgehead atoms. The lowest BCUT2D eigenvalue weighted by atomic mass is 9.99. The first-order valence-corrected chi connectivity index (χ1v) is 8.43. The Balaban J connectivity index is 1.98. The number of hydrogen-bond donors (Lipinski definition) is 1. The normalized spacial score (nSPS) is 20.3. The largest absolute Gasteiger partial charge is 0.396 e. The molecule has 1 aliphatic rings. The maximum absolute atomic E-state index is 13.1. The number of rotatable bonds is 6. The molecule has 0 aromatic heterocycles. The quantitative estimate of drug-likeness (QED) is 0.875. The van der Waals surface area contributed by atoms with Crippen molar-refractivity contribution in [2.24, 2.45) is 5.92 Å². The second-order valence-corrected chi connectivity index (χ2v) is 6.33. The van der Waals surface area contributed by atoms with E-state index in [2.05, 4.69) is 4.90 Å². The van der Waals surface area contributed by atoms with Crippen molar-refractivity contribution in [2.45, 2.75) is 32.7 Å². The first-order valence-electron chi connectivity index (χ1n) is 8.43. The van der Waals surface area contributed by atoms with Crippen LogP contribution in [0.3, 0.4) is 0 Å². The van der Waals surface area contributed by atoms with Crippen LogP contribution < -0.4 is 0 Å². The summed E-state index contributed by atoms with van der Waals surface area (Å²) in [5.41, 5.74) is 0.938. The fourth-order valence-electron chi connectivity index (χ4n) is 3.31. The Morgan fingerprint density at radius 1 is 1.43 bits per heavy atom. The van der Waals surface area contributed by atoms with Gasteiger partial charge in [-0.15, -0.1) is 0 Å². The molecule has 1 N–H and O–H groups in total. The van der Waals surface area contributed by atoms with Gasteiger partial charge in [-0.1, -0.05) is 12.1 Å². The number of hydrogen-bond acceptors (Lipinski definition) is 3. The lowest BCUT2D eigenvalue weighted by Crippen LogP contribution is -2.45. The standard InChI is InChI=1S/C18H27FN2O2/c1-3-21(14(2)16-6-8-17(19)9-7-16)18(23)12-20-10-4-5-15(11-20)13-22/h6-9,14-15,22H,3-5,10-13H2,1-2H3. The summed E-state index contributed by atoms with van der Waals surface area (Å²) in [6.45, 7) is 6.82. The van der Waals surface area contributed by atoms with Crippen molar-refractivity contribution in [2.75, 3.05) is 32.8 Å². The van der Waals surface area contributed by atoms with Gasteiger partial charge >= 0.3 is 0 Å². The van der Waals surface area contributed by atoms with Crippen molar-refractivity contribution in [1.29, 1.82) is 0 Å². The van der Waals surface area contributed by atoms with Gasteiger partial charge in [0, 0.05) is 19.7 Å². The number of amides is 1. The fourth-order valence-corrected chi connectivity index (χ4v) is 3.31. The third kappa shape index (κ3) is 4.75. The van der Waals surface area contributed by atoms with E-state index in [1.807, 2.05) is 18.7 Å². The number of likely N-dealkylation sites (tertiary alicyclic amines) is 1. The number of aliphatic hydroxyl groups is 1. The van der Waals surface area contributed by atoms with E-state index in [9.17, 15) is 14.3 Å². The monoisotopic (exact) mass is 322 g/mol. The summed E-state index contributed by atoms with van der Waals surface area (Å²) in [5.74, 6) is 0.0998. The van der Waals surface area contributed by atoms with Crippen LogP contribution in [0.2, 0.25) is 0 Å². The topological polar surface area (TPSA) is 43.8 Å². The number of likely N-dealkylation sites (N-methyl/N-ethyl adjacent to an activating group) is 1. The molecular formula is C18H27FN2O2. The molecule has 1 aliphatic heterocycles. The second kappa shape index (κ2) is 8.41. The highest BCUT2D eigenvalue weighted by Gasteiger charge is 2.25. The van der Waals surface area contributed by atoms with Gasteiger partial charge in [-0.25, -0.2) is 4.39 Å². The van der Waals surface area contributed by atoms with E-state index in [-0.39, 0.29) is 30.3 Å². The van der Waals surface area contributed by atoms with Gasteiger partial charge in [-0.2, -0.15) is 0 Å². The van der Waals surface area contributed by atoms with Crippen molar-refractivity contribution in [3.63, 3.8) is 0 Å². The smallest absolute Gasteiger partial charge is 0.237 e. The zero-order valence-corrected chi connectivity index (χ0v) is 14.0. The van der Waals surface area contributed by atoms with Crippen LogP contribution in [0, 0.1) is 11.7 Å². The van der Waals surface area contributed by atoms with E-state index in [0.29, 0.717) is 13.1 Å². The highest BCUT2D eigenvalue weighted by molar-refractivity contribution is 5.78. The third-order valence-electron chi connectivity index (χ3n) is 4.70. The maximum atomic E-state index is 13.1. The van der Waals surface area contributed by atoms with Gasteiger partial charge in [0.1, 0.15) is 5.82 Å². The zero-order valence-electron chi connectivity index (χ0n) is 14.0. The molecule has 1 aromatic carbocycles. The molecule has 1 fully saturated rings. The maximum Gasteiger partial charge on any atom is 0.237 e. The number of carbonyl (C=O) groups is 1. The minimum Gasteiger partial charge on any atom is -0.396 e. The Kier molecular flexibility index (Phi) is 6.54. The lowest BCUT2D eigenvalue weighted by Gasteiger charge is -2.34. The van der Waals surface area contributed by atoms with Gasteiger partial charge in [0.25, 0.3) is 0 Å². The second-order valence-electron chi connectivity index (χ2n) is 6.33. The molecule has 0 radical (unpaired) electrons. The molecule has 1 saturated heterocycles. The van der Waals surface area contributed by atoms with Gasteiger partial charge < -0.3 is 10.0 Å². The Labute approximate surface area is 137 Å². The average molecular weight is 322 g/mol. The predicted molar refractivity (Wildman–Crippen MR) is 88.5 cm³/mol. The van der Waals surface area contributed by atoms with Crippen LogP contribution in [0.15, 0.2) is 24.3 Å². The number of piperidine rings is 1. The molecule has 23 heavy (non-hydrogen) atoms. The fraction of sp³-hybridized carbons (Fsp3) is 0.611. The Hall–Kier alpha value is -1.46. The number of aliphatic hydroxyl groups excluding tert-OH is 1. The molecule has 0 saturated carbocycles. The lowest BCUT2D eigenvalue weighted by molar-refractivity contribution is -0.134. The van der Waals surface area contributed by atoms with Crippen molar-refractivity contribution < 1.29 is 14.3 Å². The molecule has 5 heteroatoms. The van der Waals surface area contributed by atoms with Crippen molar-refractivity contribution in [3.8, 4) is 0 Å². The van der Waals surface area contributed by atoms with Gasteiger partial charge in [-0.05, 0) is 56.8 Å². The van der Waals surface area contributed by atoms with E-state index in [4.69, 9.17) is 0 Å². The summed E-state index contributed by atoms with van der Waals surface area (Å²) >= 11 is 0. The summed E-state index contributed by atoms with van der Waals surface area (Å²) in [6.07, 6.45) is 2.06. The highest BCUT2D eigenvalue weighted by Crippen LogP contribution is 2.22. The van der Waals surface area contributed by atoms with Gasteiger partial charge in [-0.3, -0.25) is 9.69 Å². The molecule has 0 aliphatic carbocycles. The van der Waals surface area contributed by atoms with Gasteiger partial charge in [0.05, 0.1) is 12.6 Å². The van der Waals surface area contributed by atoms with Crippen LogP contribution >= 0.6 is 0 Å². The molecule has 1 aromatic rings. The third-order valence-corrected chi connectivity index (χ3v) is 4.70. The summed E-state index contributed by atoms with van der Waals surface area (Å²) in [4.78, 5) is 16.6. The van der Waals surface area contributed by atoms with Crippen LogP contribution in [0.4, 0.5) is 4.39 Å². The van der Waals surface area contributed by atoms with Gasteiger partial charge in [0.15, 0.2) is 0 Å².